The predicted octanol–water partition coefficient (Wildman–Crippen LogP) is 3.71. The average Bonchev–Trinajstić information content (AvgIpc) is 2.49. The van der Waals surface area contributed by atoms with Crippen LogP contribution in [-0.2, 0) is 11.2 Å². The molecule has 0 bridgehead atoms. The van der Waals surface area contributed by atoms with Crippen molar-refractivity contribution in [2.45, 2.75) is 19.8 Å². The highest BCUT2D eigenvalue weighted by Gasteiger charge is 2.09. The average molecular weight is 287 g/mol. The molecule has 0 unspecified atom stereocenters. The number of rotatable bonds is 5. The summed E-state index contributed by atoms with van der Waals surface area (Å²) in [4.78, 5) is 11.9. The lowest BCUT2D eigenvalue weighted by Gasteiger charge is -2.09. The third kappa shape index (κ3) is 4.05. The molecule has 2 rings (SSSR count). The number of nitrogens with one attached hydrogen (secondary N) is 1. The molecule has 3 nitrogen and oxygen atoms in total. The lowest BCUT2D eigenvalue weighted by atomic mass is 10.1. The normalized spacial score (nSPS) is 10.2. The van der Waals surface area contributed by atoms with Crippen LogP contribution in [0.3, 0.4) is 0 Å². The van der Waals surface area contributed by atoms with E-state index in [-0.39, 0.29) is 18.0 Å². The Labute approximate surface area is 123 Å². The minimum Gasteiger partial charge on any atom is -0.496 e. The maximum absolute atomic E-state index is 13.6. The number of carbonyl (C=O) groups is 1. The third-order valence-electron chi connectivity index (χ3n) is 3.21. The Morgan fingerprint density at radius 1 is 1.24 bits per heavy atom. The molecule has 0 atom stereocenters. The number of methoxy groups -OCH3 is 1. The summed E-state index contributed by atoms with van der Waals surface area (Å²) in [7, 11) is 1.60. The van der Waals surface area contributed by atoms with Gasteiger partial charge < -0.3 is 10.1 Å². The zero-order valence-electron chi connectivity index (χ0n) is 12.2. The second-order valence-electron chi connectivity index (χ2n) is 4.84. The van der Waals surface area contributed by atoms with Crippen molar-refractivity contribution < 1.29 is 13.9 Å². The van der Waals surface area contributed by atoms with E-state index in [1.807, 2.05) is 31.2 Å². The molecule has 0 spiro atoms. The Morgan fingerprint density at radius 3 is 2.76 bits per heavy atom. The lowest BCUT2D eigenvalue weighted by molar-refractivity contribution is -0.116. The van der Waals surface area contributed by atoms with Crippen LogP contribution < -0.4 is 10.1 Å². The van der Waals surface area contributed by atoms with E-state index >= 15 is 0 Å². The van der Waals surface area contributed by atoms with Crippen molar-refractivity contribution in [3.63, 3.8) is 0 Å². The number of anilines is 1. The number of carbonyl (C=O) groups excluding carboxylic acids is 1. The fourth-order valence-corrected chi connectivity index (χ4v) is 2.11. The molecule has 0 aliphatic rings. The summed E-state index contributed by atoms with van der Waals surface area (Å²) in [6, 6.07) is 12.2. The van der Waals surface area contributed by atoms with Gasteiger partial charge in [-0.1, -0.05) is 24.3 Å². The van der Waals surface area contributed by atoms with E-state index in [0.717, 1.165) is 16.9 Å². The van der Waals surface area contributed by atoms with Gasteiger partial charge in [-0.3, -0.25) is 4.79 Å². The summed E-state index contributed by atoms with van der Waals surface area (Å²) in [5.74, 6) is 0.115. The highest BCUT2D eigenvalue weighted by atomic mass is 19.1. The van der Waals surface area contributed by atoms with Crippen molar-refractivity contribution in [2.24, 2.45) is 0 Å². The summed E-state index contributed by atoms with van der Waals surface area (Å²) in [5.41, 5.74) is 2.08. The van der Waals surface area contributed by atoms with Gasteiger partial charge in [-0.15, -0.1) is 0 Å². The van der Waals surface area contributed by atoms with Gasteiger partial charge in [0.15, 0.2) is 0 Å². The van der Waals surface area contributed by atoms with Crippen LogP contribution >= 0.6 is 0 Å². The molecule has 0 heterocycles. The number of ether oxygens (including phenoxy) is 1. The van der Waals surface area contributed by atoms with Crippen molar-refractivity contribution >= 4 is 11.6 Å². The van der Waals surface area contributed by atoms with E-state index in [1.54, 1.807) is 19.2 Å². The molecule has 21 heavy (non-hydrogen) atoms. The minimum absolute atomic E-state index is 0.217. The fraction of sp³-hybridized carbons (Fsp3) is 0.235. The first-order valence-corrected chi connectivity index (χ1v) is 6.78. The number of halogens is 1. The Hall–Kier alpha value is -2.36. The van der Waals surface area contributed by atoms with Crippen LogP contribution in [0.5, 0.6) is 5.75 Å². The lowest BCUT2D eigenvalue weighted by Crippen LogP contribution is -2.13. The van der Waals surface area contributed by atoms with Crippen LogP contribution in [0.2, 0.25) is 0 Å². The van der Waals surface area contributed by atoms with Crippen LogP contribution in [0.4, 0.5) is 10.1 Å². The Balaban J connectivity index is 1.97. The number of hydrogen-bond acceptors (Lipinski definition) is 2. The van der Waals surface area contributed by atoms with Gasteiger partial charge in [0, 0.05) is 6.42 Å². The second kappa shape index (κ2) is 6.88. The van der Waals surface area contributed by atoms with Gasteiger partial charge in [-0.2, -0.15) is 0 Å². The zero-order chi connectivity index (χ0) is 15.2. The molecule has 1 N–H and O–H groups in total. The summed E-state index contributed by atoms with van der Waals surface area (Å²) in [5, 5.41) is 2.60. The Bertz CT molecular complexity index is 640. The monoisotopic (exact) mass is 287 g/mol. The second-order valence-corrected chi connectivity index (χ2v) is 4.84. The smallest absolute Gasteiger partial charge is 0.224 e. The predicted molar refractivity (Wildman–Crippen MR) is 81.1 cm³/mol. The summed E-state index contributed by atoms with van der Waals surface area (Å²) < 4.78 is 18.8. The van der Waals surface area contributed by atoms with E-state index < -0.39 is 5.82 Å². The van der Waals surface area contributed by atoms with Gasteiger partial charge in [0.1, 0.15) is 11.6 Å². The Kier molecular flexibility index (Phi) is 4.93. The molecule has 2 aromatic rings. The molecular formula is C17H18FNO2. The standard InChI is InChI=1S/C17H18FNO2/c1-12-7-9-14(18)15(11-12)19-17(20)10-8-13-5-3-4-6-16(13)21-2/h3-7,9,11H,8,10H2,1-2H3,(H,19,20). The van der Waals surface area contributed by atoms with Crippen molar-refractivity contribution in [1.82, 2.24) is 0 Å². The molecule has 110 valence electrons. The van der Waals surface area contributed by atoms with Crippen molar-refractivity contribution in [2.75, 3.05) is 12.4 Å². The maximum Gasteiger partial charge on any atom is 0.224 e. The molecule has 0 aliphatic carbocycles. The van der Waals surface area contributed by atoms with Gasteiger partial charge in [0.05, 0.1) is 12.8 Å². The Morgan fingerprint density at radius 2 is 2.00 bits per heavy atom. The van der Waals surface area contributed by atoms with Gasteiger partial charge >= 0.3 is 0 Å². The fourth-order valence-electron chi connectivity index (χ4n) is 2.11. The minimum atomic E-state index is -0.425. The number of aryl methyl sites for hydroxylation is 2. The molecule has 0 saturated carbocycles. The molecule has 0 fully saturated rings. The third-order valence-corrected chi connectivity index (χ3v) is 3.21. The van der Waals surface area contributed by atoms with Crippen molar-refractivity contribution in [3.8, 4) is 5.75 Å². The number of benzene rings is 2. The van der Waals surface area contributed by atoms with Crippen LogP contribution in [0.25, 0.3) is 0 Å². The van der Waals surface area contributed by atoms with E-state index in [9.17, 15) is 9.18 Å². The molecule has 4 heteroatoms. The zero-order valence-corrected chi connectivity index (χ0v) is 12.2. The number of amides is 1. The highest BCUT2D eigenvalue weighted by molar-refractivity contribution is 5.91. The van der Waals surface area contributed by atoms with E-state index in [2.05, 4.69) is 5.32 Å². The van der Waals surface area contributed by atoms with Crippen LogP contribution in [0.15, 0.2) is 42.5 Å². The van der Waals surface area contributed by atoms with Crippen molar-refractivity contribution in [1.29, 1.82) is 0 Å². The first-order valence-electron chi connectivity index (χ1n) is 6.78. The largest absolute Gasteiger partial charge is 0.496 e. The summed E-state index contributed by atoms with van der Waals surface area (Å²) >= 11 is 0. The van der Waals surface area contributed by atoms with Gasteiger partial charge in [0.25, 0.3) is 0 Å². The molecule has 0 aliphatic heterocycles. The van der Waals surface area contributed by atoms with Crippen molar-refractivity contribution in [3.05, 3.63) is 59.4 Å². The maximum atomic E-state index is 13.6. The molecular weight excluding hydrogens is 269 g/mol. The molecule has 1 amide bonds. The summed E-state index contributed by atoms with van der Waals surface area (Å²) in [6.07, 6.45) is 0.817. The molecule has 0 radical (unpaired) electrons. The van der Waals surface area contributed by atoms with Gasteiger partial charge in [-0.05, 0) is 42.7 Å². The molecule has 2 aromatic carbocycles. The van der Waals surface area contributed by atoms with E-state index in [4.69, 9.17) is 4.74 Å². The number of para-hydroxylation sites is 1. The van der Waals surface area contributed by atoms with Crippen LogP contribution in [0.1, 0.15) is 17.5 Å². The first kappa shape index (κ1) is 15.0. The first-order chi connectivity index (χ1) is 10.1. The van der Waals surface area contributed by atoms with E-state index in [1.165, 1.54) is 6.07 Å². The van der Waals surface area contributed by atoms with E-state index in [0.29, 0.717) is 6.42 Å². The van der Waals surface area contributed by atoms with Crippen LogP contribution in [-0.4, -0.2) is 13.0 Å². The van der Waals surface area contributed by atoms with Gasteiger partial charge in [0.2, 0.25) is 5.91 Å². The topological polar surface area (TPSA) is 38.3 Å². The quantitative estimate of drug-likeness (QED) is 0.910. The van der Waals surface area contributed by atoms with Crippen LogP contribution in [0, 0.1) is 12.7 Å². The highest BCUT2D eigenvalue weighted by Crippen LogP contribution is 2.20. The van der Waals surface area contributed by atoms with Gasteiger partial charge in [-0.25, -0.2) is 4.39 Å². The molecule has 0 saturated heterocycles. The summed E-state index contributed by atoms with van der Waals surface area (Å²) in [6.45, 7) is 1.85. The molecule has 0 aromatic heterocycles. The number of hydrogen-bond donors (Lipinski definition) is 1. The SMILES string of the molecule is COc1ccccc1CCC(=O)Nc1cc(C)ccc1F.